The molecule has 7 heteroatoms. The summed E-state index contributed by atoms with van der Waals surface area (Å²) in [6, 6.07) is -0.767. The van der Waals surface area contributed by atoms with E-state index in [1.165, 1.54) is 7.11 Å². The molecule has 0 saturated carbocycles. The van der Waals surface area contributed by atoms with Gasteiger partial charge in [-0.3, -0.25) is 4.79 Å². The molecule has 0 fully saturated rings. The second-order valence-electron chi connectivity index (χ2n) is 5.19. The number of nitrogens with two attached hydrogens (primary N) is 1. The first kappa shape index (κ1) is 17.3. The molecule has 0 rings (SSSR count). The van der Waals surface area contributed by atoms with Crippen LogP contribution in [0.25, 0.3) is 0 Å². The van der Waals surface area contributed by atoms with E-state index >= 15 is 0 Å². The van der Waals surface area contributed by atoms with Crippen LogP contribution in [-0.2, 0) is 19.4 Å². The summed E-state index contributed by atoms with van der Waals surface area (Å²) in [5.41, 5.74) is 5.04. The topological polar surface area (TPSA) is 98.5 Å². The molecule has 6 nitrogen and oxygen atoms in total. The predicted molar refractivity (Wildman–Crippen MR) is 71.0 cm³/mol. The van der Waals surface area contributed by atoms with E-state index in [-0.39, 0.29) is 11.8 Å². The number of rotatable bonds is 7. The Hall–Kier alpha value is -0.660. The lowest BCUT2D eigenvalue weighted by molar-refractivity contribution is -0.119. The number of sulfone groups is 1. The number of methoxy groups -OCH3 is 1. The minimum absolute atomic E-state index is 0.0863. The molecular weight excluding hydrogens is 256 g/mol. The quantitative estimate of drug-likeness (QED) is 0.666. The second kappa shape index (κ2) is 6.49. The molecule has 0 heterocycles. The van der Waals surface area contributed by atoms with Crippen molar-refractivity contribution in [3.63, 3.8) is 0 Å². The number of amides is 1. The highest BCUT2D eigenvalue weighted by atomic mass is 32.2. The fourth-order valence-corrected chi connectivity index (χ4v) is 2.80. The molecule has 0 aliphatic rings. The van der Waals surface area contributed by atoms with Gasteiger partial charge in [-0.15, -0.1) is 0 Å². The summed E-state index contributed by atoms with van der Waals surface area (Å²) in [7, 11) is -2.07. The van der Waals surface area contributed by atoms with Crippen molar-refractivity contribution in [3.05, 3.63) is 0 Å². The maximum absolute atomic E-state index is 11.8. The highest BCUT2D eigenvalue weighted by Gasteiger charge is 2.31. The fraction of sp³-hybridized carbons (Fsp3) is 0.909. The lowest BCUT2D eigenvalue weighted by atomic mass is 10.0. The summed E-state index contributed by atoms with van der Waals surface area (Å²) in [4.78, 5) is 11.4. The van der Waals surface area contributed by atoms with E-state index in [1.54, 1.807) is 27.7 Å². The molecule has 0 aromatic rings. The summed E-state index contributed by atoms with van der Waals surface area (Å²) in [5, 5.41) is 2.53. The van der Waals surface area contributed by atoms with Crippen LogP contribution < -0.4 is 11.1 Å². The Morgan fingerprint density at radius 1 is 1.39 bits per heavy atom. The summed E-state index contributed by atoms with van der Waals surface area (Å²) in [5.74, 6) is -1.33. The predicted octanol–water partition coefficient (Wildman–Crippen LogP) is -0.322. The Labute approximate surface area is 109 Å². The molecule has 0 bridgehead atoms. The van der Waals surface area contributed by atoms with Crippen LogP contribution in [0.15, 0.2) is 0 Å². The third-order valence-corrected chi connectivity index (χ3v) is 4.22. The van der Waals surface area contributed by atoms with Crippen LogP contribution in [0.1, 0.15) is 27.7 Å². The van der Waals surface area contributed by atoms with Crippen molar-refractivity contribution >= 4 is 15.7 Å². The fourth-order valence-electron chi connectivity index (χ4n) is 1.25. The minimum Gasteiger partial charge on any atom is -0.377 e. The van der Waals surface area contributed by atoms with Crippen molar-refractivity contribution in [2.75, 3.05) is 18.6 Å². The molecule has 1 atom stereocenters. The molecule has 0 saturated heterocycles. The average molecular weight is 280 g/mol. The SMILES string of the molecule is COC(C)(C)C(N)CS(=O)(=O)CC(=O)NC(C)C. The van der Waals surface area contributed by atoms with Crippen molar-refractivity contribution in [1.82, 2.24) is 5.32 Å². The van der Waals surface area contributed by atoms with Crippen LogP contribution in [0.4, 0.5) is 0 Å². The van der Waals surface area contributed by atoms with Gasteiger partial charge in [-0.1, -0.05) is 0 Å². The molecule has 3 N–H and O–H groups in total. The Morgan fingerprint density at radius 2 is 1.89 bits per heavy atom. The molecule has 1 amide bonds. The molecule has 108 valence electrons. The highest BCUT2D eigenvalue weighted by Crippen LogP contribution is 2.13. The van der Waals surface area contributed by atoms with Crippen LogP contribution in [0.5, 0.6) is 0 Å². The molecule has 0 aliphatic heterocycles. The van der Waals surface area contributed by atoms with Crippen LogP contribution in [-0.4, -0.2) is 50.6 Å². The van der Waals surface area contributed by atoms with E-state index in [4.69, 9.17) is 10.5 Å². The third kappa shape index (κ3) is 6.32. The van der Waals surface area contributed by atoms with E-state index in [1.807, 2.05) is 0 Å². The van der Waals surface area contributed by atoms with E-state index < -0.39 is 33.1 Å². The van der Waals surface area contributed by atoms with Crippen molar-refractivity contribution in [2.24, 2.45) is 5.73 Å². The van der Waals surface area contributed by atoms with E-state index in [2.05, 4.69) is 5.32 Å². The number of carbonyl (C=O) groups is 1. The van der Waals surface area contributed by atoms with Crippen molar-refractivity contribution in [2.45, 2.75) is 45.4 Å². The van der Waals surface area contributed by atoms with Gasteiger partial charge >= 0.3 is 0 Å². The van der Waals surface area contributed by atoms with Gasteiger partial charge in [-0.05, 0) is 27.7 Å². The highest BCUT2D eigenvalue weighted by molar-refractivity contribution is 7.92. The summed E-state index contributed by atoms with van der Waals surface area (Å²) < 4.78 is 28.7. The van der Waals surface area contributed by atoms with Crippen molar-refractivity contribution in [1.29, 1.82) is 0 Å². The zero-order valence-electron chi connectivity index (χ0n) is 11.7. The van der Waals surface area contributed by atoms with Crippen molar-refractivity contribution < 1.29 is 17.9 Å². The van der Waals surface area contributed by atoms with Crippen LogP contribution >= 0.6 is 0 Å². The second-order valence-corrected chi connectivity index (χ2v) is 7.30. The van der Waals surface area contributed by atoms with Crippen molar-refractivity contribution in [3.8, 4) is 0 Å². The molecular formula is C11H24N2O4S. The minimum atomic E-state index is -3.54. The Morgan fingerprint density at radius 3 is 2.28 bits per heavy atom. The number of nitrogens with one attached hydrogen (secondary N) is 1. The summed E-state index contributed by atoms with van der Waals surface area (Å²) in [6.07, 6.45) is 0. The number of ether oxygens (including phenoxy) is 1. The monoisotopic (exact) mass is 280 g/mol. The molecule has 0 radical (unpaired) electrons. The molecule has 1 unspecified atom stereocenters. The van der Waals surface area contributed by atoms with Gasteiger partial charge in [0.15, 0.2) is 9.84 Å². The molecule has 0 aliphatic carbocycles. The first-order valence-electron chi connectivity index (χ1n) is 5.80. The molecule has 0 aromatic carbocycles. The zero-order valence-corrected chi connectivity index (χ0v) is 12.5. The van der Waals surface area contributed by atoms with Gasteiger partial charge in [0.1, 0.15) is 5.75 Å². The number of carbonyl (C=O) groups excluding carboxylic acids is 1. The Balaban J connectivity index is 4.54. The Bertz CT molecular complexity index is 377. The first-order valence-corrected chi connectivity index (χ1v) is 7.63. The third-order valence-electron chi connectivity index (χ3n) is 2.65. The molecule has 0 spiro atoms. The van der Waals surface area contributed by atoms with E-state index in [0.717, 1.165) is 0 Å². The smallest absolute Gasteiger partial charge is 0.235 e. The maximum atomic E-state index is 11.8. The lowest BCUT2D eigenvalue weighted by Gasteiger charge is -2.29. The molecule has 18 heavy (non-hydrogen) atoms. The van der Waals surface area contributed by atoms with Crippen LogP contribution in [0, 0.1) is 0 Å². The number of hydrogen-bond donors (Lipinski definition) is 2. The Kier molecular flexibility index (Phi) is 6.25. The lowest BCUT2D eigenvalue weighted by Crippen LogP contribution is -2.50. The maximum Gasteiger partial charge on any atom is 0.235 e. The largest absolute Gasteiger partial charge is 0.377 e. The van der Waals surface area contributed by atoms with Gasteiger partial charge in [-0.25, -0.2) is 8.42 Å². The first-order chi connectivity index (χ1) is 8.00. The van der Waals surface area contributed by atoms with Gasteiger partial charge in [0, 0.05) is 19.2 Å². The average Bonchev–Trinajstić information content (AvgIpc) is 2.13. The van der Waals surface area contributed by atoms with Gasteiger partial charge in [0.05, 0.1) is 11.4 Å². The summed E-state index contributed by atoms with van der Waals surface area (Å²) in [6.45, 7) is 6.96. The van der Waals surface area contributed by atoms with E-state index in [9.17, 15) is 13.2 Å². The van der Waals surface area contributed by atoms with Crippen LogP contribution in [0.2, 0.25) is 0 Å². The van der Waals surface area contributed by atoms with E-state index in [0.29, 0.717) is 0 Å². The molecule has 0 aromatic heterocycles. The van der Waals surface area contributed by atoms with Gasteiger partial charge in [0.2, 0.25) is 5.91 Å². The van der Waals surface area contributed by atoms with Gasteiger partial charge in [-0.2, -0.15) is 0 Å². The van der Waals surface area contributed by atoms with Gasteiger partial charge in [0.25, 0.3) is 0 Å². The summed E-state index contributed by atoms with van der Waals surface area (Å²) >= 11 is 0. The van der Waals surface area contributed by atoms with Crippen LogP contribution in [0.3, 0.4) is 0 Å². The standard InChI is InChI=1S/C11H24N2O4S/c1-8(2)13-10(14)7-18(15,16)6-9(12)11(3,4)17-5/h8-9H,6-7,12H2,1-5H3,(H,13,14). The normalized spacial score (nSPS) is 14.6. The van der Waals surface area contributed by atoms with Gasteiger partial charge < -0.3 is 15.8 Å². The zero-order chi connectivity index (χ0) is 14.6. The number of hydrogen-bond acceptors (Lipinski definition) is 5.